The van der Waals surface area contributed by atoms with Gasteiger partial charge in [0.05, 0.1) is 0 Å². The molecule has 5 nitrogen and oxygen atoms in total. The van der Waals surface area contributed by atoms with E-state index in [0.717, 1.165) is 6.07 Å². The van der Waals surface area contributed by atoms with Crippen LogP contribution in [0.2, 0.25) is 0 Å². The van der Waals surface area contributed by atoms with Crippen molar-refractivity contribution in [1.82, 2.24) is 15.0 Å². The van der Waals surface area contributed by atoms with Gasteiger partial charge in [0.25, 0.3) is 5.56 Å². The average molecular weight is 259 g/mol. The van der Waals surface area contributed by atoms with Crippen molar-refractivity contribution in [3.63, 3.8) is 0 Å². The van der Waals surface area contributed by atoms with Crippen molar-refractivity contribution in [2.75, 3.05) is 5.73 Å². The largest absolute Gasteiger partial charge is 0.369 e. The first-order valence-electron chi connectivity index (χ1n) is 3.59. The van der Waals surface area contributed by atoms with Crippen LogP contribution in [-0.4, -0.2) is 15.0 Å². The first-order valence-corrected chi connectivity index (χ1v) is 4.39. The Balaban J connectivity index is 2.96. The molecule has 2 rings (SSSR count). The molecule has 2 aromatic heterocycles. The number of aromatic amines is 1. The fraction of sp³-hybridized carbons (Fsp3) is 0. The number of nitrogens with zero attached hydrogens (tertiary/aromatic N) is 2. The first kappa shape index (κ1) is 9.07. The van der Waals surface area contributed by atoms with E-state index >= 15 is 0 Å². The van der Waals surface area contributed by atoms with Crippen molar-refractivity contribution in [2.24, 2.45) is 0 Å². The van der Waals surface area contributed by atoms with Crippen LogP contribution in [0.4, 0.5) is 10.3 Å². The Bertz CT molecular complexity index is 567. The minimum Gasteiger partial charge on any atom is -0.369 e. The van der Waals surface area contributed by atoms with Gasteiger partial charge in [-0.3, -0.25) is 9.78 Å². The van der Waals surface area contributed by atoms with E-state index in [1.54, 1.807) is 0 Å². The van der Waals surface area contributed by atoms with Gasteiger partial charge in [-0.2, -0.15) is 0 Å². The number of anilines is 1. The van der Waals surface area contributed by atoms with E-state index < -0.39 is 11.4 Å². The van der Waals surface area contributed by atoms with Gasteiger partial charge in [-0.1, -0.05) is 0 Å². The maximum Gasteiger partial charge on any atom is 0.278 e. The molecule has 0 saturated heterocycles. The summed E-state index contributed by atoms with van der Waals surface area (Å²) in [4.78, 5) is 21.0. The van der Waals surface area contributed by atoms with Gasteiger partial charge in [0.1, 0.15) is 10.1 Å². The molecule has 2 heterocycles. The molecule has 0 saturated carbocycles. The second-order valence-electron chi connectivity index (χ2n) is 2.58. The van der Waals surface area contributed by atoms with Crippen LogP contribution >= 0.6 is 15.9 Å². The Morgan fingerprint density at radius 2 is 2.21 bits per heavy atom. The molecular weight excluding hydrogens is 255 g/mol. The number of rotatable bonds is 0. The Morgan fingerprint density at radius 1 is 1.50 bits per heavy atom. The fourth-order valence-corrected chi connectivity index (χ4v) is 1.33. The van der Waals surface area contributed by atoms with Gasteiger partial charge in [0.2, 0.25) is 5.95 Å². The summed E-state index contributed by atoms with van der Waals surface area (Å²) < 4.78 is 13.0. The third-order valence-corrected chi connectivity index (χ3v) is 2.17. The smallest absolute Gasteiger partial charge is 0.278 e. The second kappa shape index (κ2) is 3.02. The number of pyridine rings is 1. The number of nitrogens with one attached hydrogen (secondary N) is 1. The Kier molecular flexibility index (Phi) is 1.95. The monoisotopic (exact) mass is 258 g/mol. The molecule has 0 atom stereocenters. The number of nitrogens with two attached hydrogens (primary N) is 1. The predicted molar refractivity (Wildman–Crippen MR) is 52.2 cm³/mol. The normalized spacial score (nSPS) is 10.7. The molecule has 72 valence electrons. The van der Waals surface area contributed by atoms with Crippen LogP contribution in [0.15, 0.2) is 15.5 Å². The molecule has 14 heavy (non-hydrogen) atoms. The zero-order chi connectivity index (χ0) is 10.3. The van der Waals surface area contributed by atoms with Gasteiger partial charge in [-0.25, -0.2) is 14.4 Å². The molecule has 0 aliphatic heterocycles. The summed E-state index contributed by atoms with van der Waals surface area (Å²) in [6, 6.07) is 1.10. The first-order chi connectivity index (χ1) is 6.58. The van der Waals surface area contributed by atoms with Crippen LogP contribution in [0, 0.1) is 5.82 Å². The van der Waals surface area contributed by atoms with E-state index in [1.165, 1.54) is 0 Å². The summed E-state index contributed by atoms with van der Waals surface area (Å²) in [7, 11) is 0. The number of nitrogen functional groups attached to an aromatic ring is 1. The molecule has 0 aliphatic carbocycles. The summed E-state index contributed by atoms with van der Waals surface area (Å²) in [5.74, 6) is -0.652. The van der Waals surface area contributed by atoms with E-state index in [-0.39, 0.29) is 21.6 Å². The molecule has 3 N–H and O–H groups in total. The van der Waals surface area contributed by atoms with Crippen LogP contribution in [0.1, 0.15) is 0 Å². The number of H-pyrrole nitrogens is 1. The maximum atomic E-state index is 13.0. The van der Waals surface area contributed by atoms with Crippen molar-refractivity contribution >= 4 is 32.9 Å². The molecule has 0 aromatic carbocycles. The van der Waals surface area contributed by atoms with Gasteiger partial charge >= 0.3 is 0 Å². The van der Waals surface area contributed by atoms with E-state index in [2.05, 4.69) is 30.9 Å². The minimum atomic E-state index is -0.588. The molecule has 0 spiro atoms. The van der Waals surface area contributed by atoms with E-state index in [0.29, 0.717) is 0 Å². The van der Waals surface area contributed by atoms with Gasteiger partial charge in [-0.05, 0) is 15.9 Å². The highest BCUT2D eigenvalue weighted by atomic mass is 79.9. The predicted octanol–water partition coefficient (Wildman–Crippen LogP) is 0.802. The topological polar surface area (TPSA) is 84.7 Å². The van der Waals surface area contributed by atoms with Crippen molar-refractivity contribution in [2.45, 2.75) is 0 Å². The molecule has 2 aromatic rings. The number of aromatic nitrogens is 3. The lowest BCUT2D eigenvalue weighted by Crippen LogP contribution is -2.13. The quantitative estimate of drug-likeness (QED) is 0.685. The highest BCUT2D eigenvalue weighted by molar-refractivity contribution is 9.10. The van der Waals surface area contributed by atoms with Crippen molar-refractivity contribution in [3.8, 4) is 0 Å². The molecule has 0 unspecified atom stereocenters. The van der Waals surface area contributed by atoms with Gasteiger partial charge < -0.3 is 5.73 Å². The lowest BCUT2D eigenvalue weighted by Gasteiger charge is -1.98. The highest BCUT2D eigenvalue weighted by Crippen LogP contribution is 2.15. The van der Waals surface area contributed by atoms with E-state index in [1.807, 2.05) is 0 Å². The highest BCUT2D eigenvalue weighted by Gasteiger charge is 2.08. The van der Waals surface area contributed by atoms with E-state index in [4.69, 9.17) is 5.73 Å². The SMILES string of the molecule is Nc1nc2cc(F)c(Br)nc2c(=O)[nH]1. The van der Waals surface area contributed by atoms with Crippen molar-refractivity contribution in [1.29, 1.82) is 0 Å². The molecular formula is C7H4BrFN4O. The maximum absolute atomic E-state index is 13.0. The molecule has 0 fully saturated rings. The van der Waals surface area contributed by atoms with E-state index in [9.17, 15) is 9.18 Å². The number of hydrogen-bond acceptors (Lipinski definition) is 4. The van der Waals surface area contributed by atoms with Crippen molar-refractivity contribution in [3.05, 3.63) is 26.8 Å². The van der Waals surface area contributed by atoms with Crippen LogP contribution in [0.25, 0.3) is 11.0 Å². The van der Waals surface area contributed by atoms with Gasteiger partial charge in [-0.15, -0.1) is 0 Å². The standard InChI is InChI=1S/C7H4BrFN4O/c8-5-2(9)1-3-4(12-5)6(14)13-7(10)11-3/h1H,(H3,10,11,13,14). The summed E-state index contributed by atoms with van der Waals surface area (Å²) in [5.41, 5.74) is 4.97. The Hall–Kier alpha value is -1.50. The van der Waals surface area contributed by atoms with Gasteiger partial charge in [0, 0.05) is 6.07 Å². The molecule has 0 bridgehead atoms. The third kappa shape index (κ3) is 1.35. The molecule has 7 heteroatoms. The number of hydrogen-bond donors (Lipinski definition) is 2. The molecule has 0 radical (unpaired) electrons. The minimum absolute atomic E-state index is 0.0259. The Labute approximate surface area is 85.3 Å². The van der Waals surface area contributed by atoms with Crippen LogP contribution < -0.4 is 11.3 Å². The average Bonchev–Trinajstić information content (AvgIpc) is 2.08. The third-order valence-electron chi connectivity index (χ3n) is 1.61. The zero-order valence-electron chi connectivity index (χ0n) is 6.71. The summed E-state index contributed by atoms with van der Waals surface area (Å²) >= 11 is 2.87. The molecule has 0 aliphatic rings. The number of fused-ring (bicyclic) bond motifs is 1. The lowest BCUT2D eigenvalue weighted by atomic mass is 10.3. The summed E-state index contributed by atoms with van der Waals surface area (Å²) in [6.07, 6.45) is 0. The second-order valence-corrected chi connectivity index (χ2v) is 3.33. The van der Waals surface area contributed by atoms with Crippen LogP contribution in [0.5, 0.6) is 0 Å². The zero-order valence-corrected chi connectivity index (χ0v) is 8.30. The lowest BCUT2D eigenvalue weighted by molar-refractivity contribution is 0.615. The van der Waals surface area contributed by atoms with Crippen LogP contribution in [-0.2, 0) is 0 Å². The Morgan fingerprint density at radius 3 is 2.93 bits per heavy atom. The fourth-order valence-electron chi connectivity index (χ4n) is 1.04. The molecule has 0 amide bonds. The van der Waals surface area contributed by atoms with Gasteiger partial charge in [0.15, 0.2) is 11.3 Å². The van der Waals surface area contributed by atoms with Crippen molar-refractivity contribution < 1.29 is 4.39 Å². The summed E-state index contributed by atoms with van der Waals surface area (Å²) in [5, 5.41) is 0. The number of halogens is 2. The summed E-state index contributed by atoms with van der Waals surface area (Å²) in [6.45, 7) is 0. The van der Waals surface area contributed by atoms with Crippen LogP contribution in [0.3, 0.4) is 0 Å².